The molecule has 0 fully saturated rings. The number of nitrogens with two attached hydrogens (primary N) is 1. The minimum atomic E-state index is 0.260. The third kappa shape index (κ3) is 3.20. The fraction of sp³-hybridized carbons (Fsp3) is 0.364. The molecule has 17 heavy (non-hydrogen) atoms. The molecule has 0 unspecified atom stereocenters. The highest BCUT2D eigenvalue weighted by atomic mass is 32.2. The van der Waals surface area contributed by atoms with Crippen LogP contribution in [0.5, 0.6) is 0 Å². The number of pyridine rings is 1. The van der Waals surface area contributed by atoms with Gasteiger partial charge in [-0.25, -0.2) is 4.98 Å². The van der Waals surface area contributed by atoms with Crippen molar-refractivity contribution in [1.82, 2.24) is 15.1 Å². The number of hydrogen-bond acceptors (Lipinski definition) is 6. The summed E-state index contributed by atoms with van der Waals surface area (Å²) < 4.78 is 5.12. The normalized spacial score (nSPS) is 11.0. The van der Waals surface area contributed by atoms with Crippen LogP contribution in [0.25, 0.3) is 0 Å². The first kappa shape index (κ1) is 11.9. The Bertz CT molecular complexity index is 480. The summed E-state index contributed by atoms with van der Waals surface area (Å²) in [4.78, 5) is 8.48. The molecular formula is C11H14N4OS. The second kappa shape index (κ2) is 5.18. The van der Waals surface area contributed by atoms with Crippen LogP contribution in [0.4, 0.5) is 5.69 Å². The van der Waals surface area contributed by atoms with Crippen molar-refractivity contribution < 1.29 is 4.52 Å². The van der Waals surface area contributed by atoms with E-state index in [0.29, 0.717) is 23.2 Å². The fourth-order valence-electron chi connectivity index (χ4n) is 1.18. The van der Waals surface area contributed by atoms with Crippen LogP contribution in [0.1, 0.15) is 31.5 Å². The third-order valence-electron chi connectivity index (χ3n) is 2.09. The molecule has 2 heterocycles. The Hall–Kier alpha value is -1.56. The van der Waals surface area contributed by atoms with Crippen molar-refractivity contribution in [2.45, 2.75) is 30.5 Å². The summed E-state index contributed by atoms with van der Waals surface area (Å²) in [5, 5.41) is 4.81. The van der Waals surface area contributed by atoms with Crippen LogP contribution in [-0.2, 0) is 5.75 Å². The lowest BCUT2D eigenvalue weighted by molar-refractivity contribution is 0.362. The van der Waals surface area contributed by atoms with Crippen molar-refractivity contribution in [2.24, 2.45) is 0 Å². The van der Waals surface area contributed by atoms with E-state index in [-0.39, 0.29) is 5.92 Å². The molecule has 0 bridgehead atoms. The number of nitrogen functional groups attached to an aromatic ring is 1. The molecule has 2 aromatic heterocycles. The quantitative estimate of drug-likeness (QED) is 0.840. The van der Waals surface area contributed by atoms with Gasteiger partial charge in [-0.15, -0.1) is 0 Å². The number of aromatic nitrogens is 3. The van der Waals surface area contributed by atoms with E-state index in [1.807, 2.05) is 26.0 Å². The molecule has 0 amide bonds. The molecule has 0 spiro atoms. The number of thioether (sulfide) groups is 1. The Labute approximate surface area is 104 Å². The molecular weight excluding hydrogens is 236 g/mol. The first-order valence-electron chi connectivity index (χ1n) is 5.32. The molecule has 0 aliphatic rings. The molecule has 2 N–H and O–H groups in total. The number of nitrogens with zero attached hydrogens (tertiary/aromatic N) is 3. The zero-order valence-corrected chi connectivity index (χ0v) is 10.6. The number of hydrogen-bond donors (Lipinski definition) is 1. The lowest BCUT2D eigenvalue weighted by Crippen LogP contribution is -1.90. The third-order valence-corrected chi connectivity index (χ3v) is 3.03. The molecule has 0 aliphatic carbocycles. The van der Waals surface area contributed by atoms with E-state index in [9.17, 15) is 0 Å². The predicted octanol–water partition coefficient (Wildman–Crippen LogP) is 2.46. The Morgan fingerprint density at radius 2 is 2.24 bits per heavy atom. The van der Waals surface area contributed by atoms with Gasteiger partial charge in [-0.2, -0.15) is 4.98 Å². The van der Waals surface area contributed by atoms with Crippen molar-refractivity contribution in [2.75, 3.05) is 5.73 Å². The standard InChI is InChI=1S/C11H14N4OS/c1-7(2)11-14-9(15-16-11)6-17-10-4-3-8(12)5-13-10/h3-5,7H,6,12H2,1-2H3. The first-order valence-corrected chi connectivity index (χ1v) is 6.30. The maximum atomic E-state index is 5.56. The van der Waals surface area contributed by atoms with Crippen molar-refractivity contribution >= 4 is 17.4 Å². The SMILES string of the molecule is CC(C)c1nc(CSc2ccc(N)cn2)no1. The van der Waals surface area contributed by atoms with Crippen LogP contribution >= 0.6 is 11.8 Å². The van der Waals surface area contributed by atoms with Crippen LogP contribution in [0, 0.1) is 0 Å². The molecule has 0 saturated carbocycles. The van der Waals surface area contributed by atoms with Gasteiger partial charge in [-0.3, -0.25) is 0 Å². The highest BCUT2D eigenvalue weighted by molar-refractivity contribution is 7.98. The summed E-state index contributed by atoms with van der Waals surface area (Å²) in [5.41, 5.74) is 6.22. The van der Waals surface area contributed by atoms with Crippen LogP contribution in [0.3, 0.4) is 0 Å². The number of anilines is 1. The van der Waals surface area contributed by atoms with Crippen LogP contribution < -0.4 is 5.73 Å². The Kier molecular flexibility index (Phi) is 3.63. The fourth-order valence-corrected chi connectivity index (χ4v) is 1.86. The lowest BCUT2D eigenvalue weighted by Gasteiger charge is -1.97. The van der Waals surface area contributed by atoms with Crippen molar-refractivity contribution in [1.29, 1.82) is 0 Å². The van der Waals surface area contributed by atoms with E-state index in [1.54, 1.807) is 18.0 Å². The maximum Gasteiger partial charge on any atom is 0.229 e. The highest BCUT2D eigenvalue weighted by Gasteiger charge is 2.10. The second-order valence-corrected chi connectivity index (χ2v) is 4.92. The molecule has 6 heteroatoms. The molecule has 0 saturated heterocycles. The summed E-state index contributed by atoms with van der Waals surface area (Å²) in [5.74, 6) is 2.27. The van der Waals surface area contributed by atoms with Gasteiger partial charge < -0.3 is 10.3 Å². The van der Waals surface area contributed by atoms with Gasteiger partial charge in [-0.1, -0.05) is 30.8 Å². The molecule has 2 aromatic rings. The monoisotopic (exact) mass is 250 g/mol. The second-order valence-electron chi connectivity index (χ2n) is 3.92. The van der Waals surface area contributed by atoms with Crippen molar-refractivity contribution in [3.8, 4) is 0 Å². The van der Waals surface area contributed by atoms with Gasteiger partial charge in [0.15, 0.2) is 5.82 Å². The summed E-state index contributed by atoms with van der Waals surface area (Å²) in [6, 6.07) is 3.70. The lowest BCUT2D eigenvalue weighted by atomic mass is 10.2. The van der Waals surface area contributed by atoms with Gasteiger partial charge in [0.05, 0.1) is 22.7 Å². The summed E-state index contributed by atoms with van der Waals surface area (Å²) in [7, 11) is 0. The van der Waals surface area contributed by atoms with Gasteiger partial charge >= 0.3 is 0 Å². The van der Waals surface area contributed by atoms with Gasteiger partial charge in [0.25, 0.3) is 0 Å². The van der Waals surface area contributed by atoms with E-state index < -0.39 is 0 Å². The Morgan fingerprint density at radius 3 is 2.82 bits per heavy atom. The van der Waals surface area contributed by atoms with Crippen molar-refractivity contribution in [3.63, 3.8) is 0 Å². The van der Waals surface area contributed by atoms with Gasteiger partial charge in [0.1, 0.15) is 0 Å². The molecule has 0 atom stereocenters. The van der Waals surface area contributed by atoms with Gasteiger partial charge in [0, 0.05) is 5.92 Å². The minimum absolute atomic E-state index is 0.260. The molecule has 90 valence electrons. The summed E-state index contributed by atoms with van der Waals surface area (Å²) in [6.07, 6.45) is 1.64. The van der Waals surface area contributed by atoms with Crippen LogP contribution in [0.2, 0.25) is 0 Å². The van der Waals surface area contributed by atoms with Gasteiger partial charge in [0.2, 0.25) is 5.89 Å². The molecule has 0 radical (unpaired) electrons. The van der Waals surface area contributed by atoms with E-state index in [1.165, 1.54) is 0 Å². The largest absolute Gasteiger partial charge is 0.397 e. The average molecular weight is 250 g/mol. The maximum absolute atomic E-state index is 5.56. The minimum Gasteiger partial charge on any atom is -0.397 e. The topological polar surface area (TPSA) is 77.8 Å². The highest BCUT2D eigenvalue weighted by Crippen LogP contribution is 2.20. The Balaban J connectivity index is 1.95. The first-order chi connectivity index (χ1) is 8.15. The van der Waals surface area contributed by atoms with Gasteiger partial charge in [-0.05, 0) is 12.1 Å². The van der Waals surface area contributed by atoms with E-state index in [4.69, 9.17) is 10.3 Å². The van der Waals surface area contributed by atoms with Crippen LogP contribution in [-0.4, -0.2) is 15.1 Å². The zero-order chi connectivity index (χ0) is 12.3. The molecule has 0 aromatic carbocycles. The Morgan fingerprint density at radius 1 is 1.41 bits per heavy atom. The smallest absolute Gasteiger partial charge is 0.229 e. The predicted molar refractivity (Wildman–Crippen MR) is 66.6 cm³/mol. The summed E-state index contributed by atoms with van der Waals surface area (Å²) in [6.45, 7) is 4.04. The molecule has 5 nitrogen and oxygen atoms in total. The van der Waals surface area contributed by atoms with Crippen molar-refractivity contribution in [3.05, 3.63) is 30.0 Å². The van der Waals surface area contributed by atoms with E-state index >= 15 is 0 Å². The molecule has 2 rings (SSSR count). The van der Waals surface area contributed by atoms with E-state index in [0.717, 1.165) is 5.03 Å². The van der Waals surface area contributed by atoms with Crippen LogP contribution in [0.15, 0.2) is 27.9 Å². The summed E-state index contributed by atoms with van der Waals surface area (Å²) >= 11 is 1.56. The number of rotatable bonds is 4. The average Bonchev–Trinajstić information content (AvgIpc) is 2.77. The molecule has 0 aliphatic heterocycles. The van der Waals surface area contributed by atoms with E-state index in [2.05, 4.69) is 15.1 Å². The zero-order valence-electron chi connectivity index (χ0n) is 9.75.